The first-order valence-electron chi connectivity index (χ1n) is 10.8. The number of pyridine rings is 1. The van der Waals surface area contributed by atoms with Crippen molar-refractivity contribution in [3.8, 4) is 22.6 Å². The summed E-state index contributed by atoms with van der Waals surface area (Å²) in [4.78, 5) is 20.6. The fraction of sp³-hybridized carbons (Fsp3) is 0.120. The molecule has 3 heterocycles. The summed E-state index contributed by atoms with van der Waals surface area (Å²) in [5, 5.41) is 6.22. The first-order chi connectivity index (χ1) is 16.9. The molecule has 0 spiro atoms. The number of anilines is 2. The highest BCUT2D eigenvalue weighted by Crippen LogP contribution is 2.32. The molecule has 5 rings (SSSR count). The Morgan fingerprint density at radius 1 is 0.886 bits per heavy atom. The van der Waals surface area contributed by atoms with Gasteiger partial charge in [-0.05, 0) is 49.0 Å². The third kappa shape index (κ3) is 4.97. The van der Waals surface area contributed by atoms with Crippen LogP contribution in [-0.2, 0) is 12.7 Å². The lowest BCUT2D eigenvalue weighted by atomic mass is 10.2. The molecule has 0 unspecified atom stereocenters. The molecular weight excluding hydrogens is 455 g/mol. The SMILES string of the molecule is CNCc1ccc(-c2cnc(Nc3cccc(-c4nc5ccc(C(F)(F)F)cc5[nH]4)c3)nc2)nc1. The van der Waals surface area contributed by atoms with Gasteiger partial charge in [-0.3, -0.25) is 4.98 Å². The fourth-order valence-corrected chi connectivity index (χ4v) is 3.62. The van der Waals surface area contributed by atoms with Gasteiger partial charge < -0.3 is 15.6 Å². The molecule has 5 aromatic rings. The Balaban J connectivity index is 1.34. The number of fused-ring (bicyclic) bond motifs is 1. The first-order valence-corrected chi connectivity index (χ1v) is 10.8. The third-order valence-electron chi connectivity index (χ3n) is 5.35. The number of imidazole rings is 1. The summed E-state index contributed by atoms with van der Waals surface area (Å²) in [5.74, 6) is 0.865. The molecule has 0 radical (unpaired) electrons. The molecule has 3 aromatic heterocycles. The number of alkyl halides is 3. The molecule has 0 saturated heterocycles. The van der Waals surface area contributed by atoms with Gasteiger partial charge in [-0.1, -0.05) is 18.2 Å². The average molecular weight is 475 g/mol. The minimum absolute atomic E-state index is 0.319. The van der Waals surface area contributed by atoms with E-state index in [-0.39, 0.29) is 0 Å². The highest BCUT2D eigenvalue weighted by atomic mass is 19.4. The van der Waals surface area contributed by atoms with Gasteiger partial charge in [0.25, 0.3) is 0 Å². The number of aromatic nitrogens is 5. The summed E-state index contributed by atoms with van der Waals surface area (Å²) in [6.07, 6.45) is 0.782. The molecule has 0 aliphatic rings. The highest BCUT2D eigenvalue weighted by molar-refractivity contribution is 5.81. The number of nitrogens with one attached hydrogen (secondary N) is 3. The Kier molecular flexibility index (Phi) is 5.87. The zero-order valence-electron chi connectivity index (χ0n) is 18.6. The summed E-state index contributed by atoms with van der Waals surface area (Å²) in [6.45, 7) is 0.744. The van der Waals surface area contributed by atoms with Crippen molar-refractivity contribution < 1.29 is 13.2 Å². The van der Waals surface area contributed by atoms with Gasteiger partial charge >= 0.3 is 6.18 Å². The number of aromatic amines is 1. The first kappa shape index (κ1) is 22.5. The van der Waals surface area contributed by atoms with Crippen LogP contribution < -0.4 is 10.6 Å². The summed E-state index contributed by atoms with van der Waals surface area (Å²) in [5.41, 5.74) is 4.12. The van der Waals surface area contributed by atoms with Gasteiger partial charge in [0.05, 0.1) is 22.3 Å². The number of hydrogen-bond donors (Lipinski definition) is 3. The normalized spacial score (nSPS) is 11.7. The Morgan fingerprint density at radius 2 is 1.71 bits per heavy atom. The van der Waals surface area contributed by atoms with E-state index in [2.05, 4.69) is 35.6 Å². The van der Waals surface area contributed by atoms with E-state index in [1.165, 1.54) is 6.07 Å². The molecular formula is C25H20F3N7. The van der Waals surface area contributed by atoms with Crippen LogP contribution in [0.3, 0.4) is 0 Å². The molecule has 0 aliphatic carbocycles. The molecule has 3 N–H and O–H groups in total. The Bertz CT molecular complexity index is 1460. The minimum atomic E-state index is -4.41. The van der Waals surface area contributed by atoms with E-state index in [9.17, 15) is 13.2 Å². The molecule has 7 nitrogen and oxygen atoms in total. The van der Waals surface area contributed by atoms with Crippen LogP contribution in [-0.4, -0.2) is 32.0 Å². The van der Waals surface area contributed by atoms with Gasteiger partial charge in [0.1, 0.15) is 5.82 Å². The Labute approximate surface area is 198 Å². The number of halogens is 3. The van der Waals surface area contributed by atoms with Crippen molar-refractivity contribution in [2.45, 2.75) is 12.7 Å². The van der Waals surface area contributed by atoms with Crippen LogP contribution in [0.1, 0.15) is 11.1 Å². The van der Waals surface area contributed by atoms with Crippen LogP contribution >= 0.6 is 0 Å². The van der Waals surface area contributed by atoms with Crippen molar-refractivity contribution in [1.82, 2.24) is 30.2 Å². The maximum absolute atomic E-state index is 13.0. The number of benzene rings is 2. The molecule has 35 heavy (non-hydrogen) atoms. The molecule has 0 aliphatic heterocycles. The molecule has 0 atom stereocenters. The van der Waals surface area contributed by atoms with Crippen LogP contribution in [0.15, 0.2) is 73.2 Å². The van der Waals surface area contributed by atoms with E-state index < -0.39 is 11.7 Å². The second-order valence-corrected chi connectivity index (χ2v) is 7.90. The van der Waals surface area contributed by atoms with E-state index in [0.29, 0.717) is 34.1 Å². The molecule has 10 heteroatoms. The van der Waals surface area contributed by atoms with Crippen molar-refractivity contribution in [3.05, 3.63) is 84.3 Å². The molecule has 2 aromatic carbocycles. The van der Waals surface area contributed by atoms with Crippen molar-refractivity contribution >= 4 is 22.7 Å². The molecule has 0 bridgehead atoms. The van der Waals surface area contributed by atoms with E-state index in [0.717, 1.165) is 35.5 Å². The quantitative estimate of drug-likeness (QED) is 0.298. The van der Waals surface area contributed by atoms with Gasteiger partial charge in [-0.25, -0.2) is 15.0 Å². The zero-order valence-corrected chi connectivity index (χ0v) is 18.6. The number of rotatable bonds is 6. The van der Waals surface area contributed by atoms with Crippen molar-refractivity contribution in [2.75, 3.05) is 12.4 Å². The van der Waals surface area contributed by atoms with E-state index in [1.54, 1.807) is 12.4 Å². The smallest absolute Gasteiger partial charge is 0.338 e. The Morgan fingerprint density at radius 3 is 2.43 bits per heavy atom. The molecule has 176 valence electrons. The summed E-state index contributed by atoms with van der Waals surface area (Å²) in [6, 6.07) is 14.7. The minimum Gasteiger partial charge on any atom is -0.338 e. The maximum atomic E-state index is 13.0. The third-order valence-corrected chi connectivity index (χ3v) is 5.35. The topological polar surface area (TPSA) is 91.4 Å². The lowest BCUT2D eigenvalue weighted by molar-refractivity contribution is -0.137. The van der Waals surface area contributed by atoms with Crippen molar-refractivity contribution in [3.63, 3.8) is 0 Å². The second-order valence-electron chi connectivity index (χ2n) is 7.90. The van der Waals surface area contributed by atoms with Crippen LogP contribution in [0.2, 0.25) is 0 Å². The van der Waals surface area contributed by atoms with Crippen molar-refractivity contribution in [1.29, 1.82) is 0 Å². The van der Waals surface area contributed by atoms with Crippen molar-refractivity contribution in [2.24, 2.45) is 0 Å². The second kappa shape index (κ2) is 9.15. The van der Waals surface area contributed by atoms with E-state index >= 15 is 0 Å². The molecule has 0 amide bonds. The Hall–Kier alpha value is -4.31. The molecule has 0 saturated carbocycles. The van der Waals surface area contributed by atoms with Gasteiger partial charge in [0.15, 0.2) is 0 Å². The predicted molar refractivity (Wildman–Crippen MR) is 128 cm³/mol. The largest absolute Gasteiger partial charge is 0.416 e. The zero-order chi connectivity index (χ0) is 24.4. The summed E-state index contributed by atoms with van der Waals surface area (Å²) >= 11 is 0. The van der Waals surface area contributed by atoms with Crippen LogP contribution in [0.4, 0.5) is 24.8 Å². The van der Waals surface area contributed by atoms with Gasteiger partial charge in [-0.15, -0.1) is 0 Å². The monoisotopic (exact) mass is 475 g/mol. The standard InChI is InChI=1S/C25H20F3N7/c1-29-11-15-5-7-20(30-12-15)17-13-31-24(32-14-17)33-19-4-2-3-16(9-19)23-34-21-8-6-18(25(26,27)28)10-22(21)35-23/h2-10,12-14,29H,11H2,1H3,(H,34,35)(H,31,32,33). The lowest BCUT2D eigenvalue weighted by Crippen LogP contribution is -2.05. The number of hydrogen-bond acceptors (Lipinski definition) is 6. The van der Waals surface area contributed by atoms with Gasteiger partial charge in [0.2, 0.25) is 5.95 Å². The van der Waals surface area contributed by atoms with Crippen LogP contribution in [0.25, 0.3) is 33.7 Å². The number of nitrogens with zero attached hydrogens (tertiary/aromatic N) is 4. The van der Waals surface area contributed by atoms with Crippen LogP contribution in [0, 0.1) is 0 Å². The average Bonchev–Trinajstić information content (AvgIpc) is 3.29. The van der Waals surface area contributed by atoms with Gasteiger partial charge in [0, 0.05) is 41.9 Å². The fourth-order valence-electron chi connectivity index (χ4n) is 3.62. The van der Waals surface area contributed by atoms with Crippen LogP contribution in [0.5, 0.6) is 0 Å². The van der Waals surface area contributed by atoms with Gasteiger partial charge in [-0.2, -0.15) is 13.2 Å². The van der Waals surface area contributed by atoms with E-state index in [1.807, 2.05) is 49.6 Å². The summed E-state index contributed by atoms with van der Waals surface area (Å²) in [7, 11) is 1.88. The maximum Gasteiger partial charge on any atom is 0.416 e. The number of H-pyrrole nitrogens is 1. The summed E-state index contributed by atoms with van der Waals surface area (Å²) < 4.78 is 39.0. The lowest BCUT2D eigenvalue weighted by Gasteiger charge is -2.07. The highest BCUT2D eigenvalue weighted by Gasteiger charge is 2.30. The molecule has 0 fully saturated rings. The van der Waals surface area contributed by atoms with E-state index in [4.69, 9.17) is 0 Å². The predicted octanol–water partition coefficient (Wildman–Crippen LogP) is 5.56.